The lowest BCUT2D eigenvalue weighted by Crippen LogP contribution is -2.50. The zero-order valence-electron chi connectivity index (χ0n) is 11.0. The van der Waals surface area contributed by atoms with Gasteiger partial charge in [0.25, 0.3) is 0 Å². The normalized spacial score (nSPS) is 30.4. The van der Waals surface area contributed by atoms with Crippen LogP contribution >= 0.6 is 0 Å². The van der Waals surface area contributed by atoms with E-state index in [1.807, 2.05) is 4.90 Å². The Morgan fingerprint density at radius 2 is 1.95 bits per heavy atom. The van der Waals surface area contributed by atoms with Crippen molar-refractivity contribution >= 4 is 11.8 Å². The summed E-state index contributed by atoms with van der Waals surface area (Å²) >= 11 is 0. The Hall–Kier alpha value is -1.14. The predicted octanol–water partition coefficient (Wildman–Crippen LogP) is -0.122. The topological polar surface area (TPSA) is 67.9 Å². The van der Waals surface area contributed by atoms with E-state index in [9.17, 15) is 9.59 Å². The third kappa shape index (κ3) is 2.60. The maximum atomic E-state index is 12.4. The summed E-state index contributed by atoms with van der Waals surface area (Å²) in [6.07, 6.45) is 2.54. The molecule has 3 heterocycles. The molecule has 1 atom stereocenters. The molecule has 2 amide bonds. The zero-order chi connectivity index (χ0) is 13.3. The summed E-state index contributed by atoms with van der Waals surface area (Å²) in [5, 5.41) is 2.76. The number of carbonyl (C=O) groups is 2. The van der Waals surface area contributed by atoms with Gasteiger partial charge in [-0.3, -0.25) is 9.59 Å². The fraction of sp³-hybridized carbons (Fsp3) is 0.846. The van der Waals surface area contributed by atoms with Crippen LogP contribution < -0.4 is 5.32 Å². The van der Waals surface area contributed by atoms with Crippen LogP contribution in [0.4, 0.5) is 0 Å². The minimum absolute atomic E-state index is 0.0134. The molecule has 1 spiro atoms. The molecule has 3 aliphatic rings. The van der Waals surface area contributed by atoms with Gasteiger partial charge in [-0.15, -0.1) is 0 Å². The first-order chi connectivity index (χ1) is 9.19. The number of likely N-dealkylation sites (tertiary alicyclic amines) is 1. The second-order valence-electron chi connectivity index (χ2n) is 5.47. The lowest BCUT2D eigenvalue weighted by atomic mass is 9.94. The molecular formula is C13H20N2O4. The number of hydrogen-bond acceptors (Lipinski definition) is 4. The molecule has 1 N–H and O–H groups in total. The molecule has 3 fully saturated rings. The van der Waals surface area contributed by atoms with E-state index in [1.165, 1.54) is 0 Å². The molecule has 0 aromatic rings. The number of carbonyl (C=O) groups excluding carboxylic acids is 2. The molecular weight excluding hydrogens is 248 g/mol. The number of nitrogens with one attached hydrogen (secondary N) is 1. The van der Waals surface area contributed by atoms with E-state index < -0.39 is 5.79 Å². The van der Waals surface area contributed by atoms with E-state index in [0.29, 0.717) is 39.3 Å². The molecule has 0 aromatic carbocycles. The van der Waals surface area contributed by atoms with Gasteiger partial charge in [0, 0.05) is 44.8 Å². The van der Waals surface area contributed by atoms with E-state index in [-0.39, 0.29) is 17.7 Å². The molecule has 0 radical (unpaired) electrons. The Bertz CT molecular complexity index is 369. The maximum absolute atomic E-state index is 12.4. The van der Waals surface area contributed by atoms with Gasteiger partial charge in [0.15, 0.2) is 5.79 Å². The standard InChI is InChI=1S/C13H20N2O4/c16-11-9-10(1-4-14-11)12(17)15-5-2-13(3-6-15)18-7-8-19-13/h10H,1-9H2,(H,14,16). The molecule has 3 aliphatic heterocycles. The Morgan fingerprint density at radius 1 is 1.26 bits per heavy atom. The zero-order valence-corrected chi connectivity index (χ0v) is 11.0. The van der Waals surface area contributed by atoms with E-state index in [0.717, 1.165) is 19.3 Å². The molecule has 0 aromatic heterocycles. The highest BCUT2D eigenvalue weighted by molar-refractivity contribution is 5.87. The van der Waals surface area contributed by atoms with Gasteiger partial charge >= 0.3 is 0 Å². The molecule has 6 heteroatoms. The van der Waals surface area contributed by atoms with Gasteiger partial charge in [-0.05, 0) is 6.42 Å². The van der Waals surface area contributed by atoms with Crippen LogP contribution in [0, 0.1) is 5.92 Å². The van der Waals surface area contributed by atoms with Gasteiger partial charge in [-0.2, -0.15) is 0 Å². The van der Waals surface area contributed by atoms with Crippen molar-refractivity contribution in [2.45, 2.75) is 31.5 Å². The number of hydrogen-bond donors (Lipinski definition) is 1. The van der Waals surface area contributed by atoms with Gasteiger partial charge < -0.3 is 19.7 Å². The van der Waals surface area contributed by atoms with Crippen molar-refractivity contribution in [1.82, 2.24) is 10.2 Å². The van der Waals surface area contributed by atoms with Gasteiger partial charge in [0.1, 0.15) is 0 Å². The highest BCUT2D eigenvalue weighted by Crippen LogP contribution is 2.32. The summed E-state index contributed by atoms with van der Waals surface area (Å²) in [5.74, 6) is -0.489. The molecule has 106 valence electrons. The third-order valence-corrected chi connectivity index (χ3v) is 4.25. The minimum Gasteiger partial charge on any atom is -0.356 e. The monoisotopic (exact) mass is 268 g/mol. The summed E-state index contributed by atoms with van der Waals surface area (Å²) < 4.78 is 11.3. The molecule has 3 rings (SSSR count). The minimum atomic E-state index is -0.444. The van der Waals surface area contributed by atoms with Crippen LogP contribution in [0.5, 0.6) is 0 Å². The Kier molecular flexibility index (Phi) is 3.45. The first-order valence-electron chi connectivity index (χ1n) is 7.02. The number of rotatable bonds is 1. The van der Waals surface area contributed by atoms with E-state index in [2.05, 4.69) is 5.32 Å². The van der Waals surface area contributed by atoms with Crippen LogP contribution in [-0.4, -0.2) is 55.3 Å². The van der Waals surface area contributed by atoms with Crippen molar-refractivity contribution in [3.63, 3.8) is 0 Å². The van der Waals surface area contributed by atoms with Gasteiger partial charge in [-0.1, -0.05) is 0 Å². The fourth-order valence-corrected chi connectivity index (χ4v) is 3.11. The number of piperidine rings is 2. The third-order valence-electron chi connectivity index (χ3n) is 4.25. The van der Waals surface area contributed by atoms with E-state index in [1.54, 1.807) is 0 Å². The summed E-state index contributed by atoms with van der Waals surface area (Å²) in [4.78, 5) is 25.6. The highest BCUT2D eigenvalue weighted by atomic mass is 16.7. The van der Waals surface area contributed by atoms with Crippen molar-refractivity contribution < 1.29 is 19.1 Å². The molecule has 6 nitrogen and oxygen atoms in total. The van der Waals surface area contributed by atoms with E-state index in [4.69, 9.17) is 9.47 Å². The number of ether oxygens (including phenoxy) is 2. The maximum Gasteiger partial charge on any atom is 0.226 e. The Labute approximate surface area is 112 Å². The highest BCUT2D eigenvalue weighted by Gasteiger charge is 2.42. The van der Waals surface area contributed by atoms with E-state index >= 15 is 0 Å². The van der Waals surface area contributed by atoms with Gasteiger partial charge in [0.2, 0.25) is 11.8 Å². The number of amides is 2. The first kappa shape index (κ1) is 12.9. The molecule has 19 heavy (non-hydrogen) atoms. The molecule has 1 unspecified atom stereocenters. The predicted molar refractivity (Wildman–Crippen MR) is 66.2 cm³/mol. The Morgan fingerprint density at radius 3 is 2.58 bits per heavy atom. The van der Waals surface area contributed by atoms with Crippen LogP contribution in [0.2, 0.25) is 0 Å². The fourth-order valence-electron chi connectivity index (χ4n) is 3.11. The summed E-state index contributed by atoms with van der Waals surface area (Å²) in [6.45, 7) is 3.24. The summed E-state index contributed by atoms with van der Waals surface area (Å²) in [5.41, 5.74) is 0. The lowest BCUT2D eigenvalue weighted by Gasteiger charge is -2.39. The van der Waals surface area contributed by atoms with Gasteiger partial charge in [-0.25, -0.2) is 0 Å². The molecule has 0 saturated carbocycles. The Balaban J connectivity index is 1.55. The summed E-state index contributed by atoms with van der Waals surface area (Å²) in [7, 11) is 0. The average molecular weight is 268 g/mol. The molecule has 0 bridgehead atoms. The van der Waals surface area contributed by atoms with Crippen LogP contribution in [-0.2, 0) is 19.1 Å². The second kappa shape index (κ2) is 5.09. The van der Waals surface area contributed by atoms with Crippen LogP contribution in [0.15, 0.2) is 0 Å². The first-order valence-corrected chi connectivity index (χ1v) is 7.02. The van der Waals surface area contributed by atoms with Crippen LogP contribution in [0.25, 0.3) is 0 Å². The average Bonchev–Trinajstić information content (AvgIpc) is 2.87. The second-order valence-corrected chi connectivity index (χ2v) is 5.47. The summed E-state index contributed by atoms with van der Waals surface area (Å²) in [6, 6.07) is 0. The van der Waals surface area contributed by atoms with Crippen molar-refractivity contribution in [3.8, 4) is 0 Å². The molecule has 3 saturated heterocycles. The van der Waals surface area contributed by atoms with Crippen molar-refractivity contribution in [2.24, 2.45) is 5.92 Å². The largest absolute Gasteiger partial charge is 0.356 e. The van der Waals surface area contributed by atoms with Crippen LogP contribution in [0.3, 0.4) is 0 Å². The SMILES string of the molecule is O=C1CC(C(=O)N2CCC3(CC2)OCCO3)CCN1. The van der Waals surface area contributed by atoms with Crippen molar-refractivity contribution in [1.29, 1.82) is 0 Å². The van der Waals surface area contributed by atoms with Crippen molar-refractivity contribution in [3.05, 3.63) is 0 Å². The van der Waals surface area contributed by atoms with Gasteiger partial charge in [0.05, 0.1) is 13.2 Å². The molecule has 0 aliphatic carbocycles. The van der Waals surface area contributed by atoms with Crippen molar-refractivity contribution in [2.75, 3.05) is 32.8 Å². The quantitative estimate of drug-likeness (QED) is 0.720. The smallest absolute Gasteiger partial charge is 0.226 e. The number of nitrogens with zero attached hydrogens (tertiary/aromatic N) is 1. The van der Waals surface area contributed by atoms with Crippen LogP contribution in [0.1, 0.15) is 25.7 Å². The lowest BCUT2D eigenvalue weighted by molar-refractivity contribution is -0.188.